The number of amides is 2. The van der Waals surface area contributed by atoms with Crippen LogP contribution < -0.4 is 10.6 Å². The lowest BCUT2D eigenvalue weighted by Crippen LogP contribution is -2.20. The van der Waals surface area contributed by atoms with Gasteiger partial charge < -0.3 is 15.0 Å². The molecule has 0 atom stereocenters. The third-order valence-corrected chi connectivity index (χ3v) is 4.48. The first kappa shape index (κ1) is 22.5. The van der Waals surface area contributed by atoms with Crippen molar-refractivity contribution < 1.29 is 32.7 Å². The number of carbonyl (C=O) groups excluding carboxylic acids is 2. The molecule has 0 bridgehead atoms. The second kappa shape index (κ2) is 8.92. The molecule has 0 saturated heterocycles. The van der Waals surface area contributed by atoms with Gasteiger partial charge in [0.05, 0.1) is 29.7 Å². The normalized spacial score (nSPS) is 11.1. The highest BCUT2D eigenvalue weighted by Gasteiger charge is 2.33. The summed E-state index contributed by atoms with van der Waals surface area (Å²) in [6.07, 6.45) is -2.14. The molecule has 8 nitrogen and oxygen atoms in total. The molecule has 2 aromatic carbocycles. The van der Waals surface area contributed by atoms with E-state index in [1.54, 1.807) is 35.2 Å². The summed E-state index contributed by atoms with van der Waals surface area (Å²) in [6.45, 7) is 1.16. The second-order valence-electron chi connectivity index (χ2n) is 6.81. The lowest BCUT2D eigenvalue weighted by molar-refractivity contribution is -0.138. The number of benzene rings is 2. The highest BCUT2D eigenvalue weighted by molar-refractivity contribution is 6.12. The van der Waals surface area contributed by atoms with Crippen LogP contribution in [0.5, 0.6) is 0 Å². The third kappa shape index (κ3) is 5.31. The summed E-state index contributed by atoms with van der Waals surface area (Å²) in [5.74, 6) is -1.46. The van der Waals surface area contributed by atoms with Gasteiger partial charge in [-0.15, -0.1) is 0 Å². The fourth-order valence-corrected chi connectivity index (χ4v) is 3.03. The molecule has 1 aromatic heterocycles. The average molecular weight is 446 g/mol. The van der Waals surface area contributed by atoms with E-state index in [1.807, 2.05) is 5.32 Å². The van der Waals surface area contributed by atoms with Crippen molar-refractivity contribution in [2.45, 2.75) is 19.5 Å². The molecular weight excluding hydrogens is 429 g/mol. The van der Waals surface area contributed by atoms with Gasteiger partial charge in [-0.25, -0.2) is 9.78 Å². The van der Waals surface area contributed by atoms with Crippen LogP contribution in [0.1, 0.15) is 27.9 Å². The van der Waals surface area contributed by atoms with Crippen LogP contribution >= 0.6 is 0 Å². The van der Waals surface area contributed by atoms with E-state index in [4.69, 9.17) is 5.11 Å². The Kier molecular flexibility index (Phi) is 6.28. The van der Waals surface area contributed by atoms with Gasteiger partial charge in [0, 0.05) is 23.6 Å². The number of imidazole rings is 1. The van der Waals surface area contributed by atoms with Crippen LogP contribution in [0.3, 0.4) is 0 Å². The largest absolute Gasteiger partial charge is 0.465 e. The lowest BCUT2D eigenvalue weighted by atomic mass is 10.0. The van der Waals surface area contributed by atoms with Crippen molar-refractivity contribution in [1.29, 1.82) is 0 Å². The second-order valence-corrected chi connectivity index (χ2v) is 6.81. The van der Waals surface area contributed by atoms with Crippen LogP contribution in [-0.2, 0) is 11.0 Å². The Balaban J connectivity index is 1.81. The van der Waals surface area contributed by atoms with Gasteiger partial charge in [0.25, 0.3) is 0 Å². The van der Waals surface area contributed by atoms with Gasteiger partial charge in [0.15, 0.2) is 5.78 Å². The van der Waals surface area contributed by atoms with E-state index in [0.29, 0.717) is 11.8 Å². The van der Waals surface area contributed by atoms with E-state index in [0.717, 1.165) is 13.0 Å². The predicted octanol–water partition coefficient (Wildman–Crippen LogP) is 4.50. The van der Waals surface area contributed by atoms with Crippen molar-refractivity contribution in [1.82, 2.24) is 9.55 Å². The Morgan fingerprint density at radius 1 is 1.09 bits per heavy atom. The number of hydrogen-bond donors (Lipinski definition) is 3. The number of hydrogen-bond acceptors (Lipinski definition) is 4. The SMILES string of the molecule is Cc1cc(NC(=O)O)c(NC(=O)CC(=O)c2cccc(-n3ccnc3)c2)cc1C(F)(F)F. The number of halogens is 3. The highest BCUT2D eigenvalue weighted by atomic mass is 19.4. The van der Waals surface area contributed by atoms with Crippen LogP contribution in [0.2, 0.25) is 0 Å². The zero-order chi connectivity index (χ0) is 23.5. The number of alkyl halides is 3. The number of nitrogens with zero attached hydrogens (tertiary/aromatic N) is 2. The summed E-state index contributed by atoms with van der Waals surface area (Å²) in [4.78, 5) is 39.8. The summed E-state index contributed by atoms with van der Waals surface area (Å²) < 4.78 is 41.4. The summed E-state index contributed by atoms with van der Waals surface area (Å²) in [5, 5.41) is 13.1. The zero-order valence-electron chi connectivity index (χ0n) is 16.6. The van der Waals surface area contributed by atoms with Gasteiger partial charge in [-0.1, -0.05) is 12.1 Å². The van der Waals surface area contributed by atoms with Crippen LogP contribution in [0.4, 0.5) is 29.3 Å². The first-order chi connectivity index (χ1) is 15.0. The van der Waals surface area contributed by atoms with E-state index in [2.05, 4.69) is 10.3 Å². The number of anilines is 2. The van der Waals surface area contributed by atoms with Crippen molar-refractivity contribution in [3.05, 3.63) is 71.8 Å². The minimum absolute atomic E-state index is 0.218. The molecule has 0 aliphatic heterocycles. The smallest absolute Gasteiger partial charge is 0.416 e. The predicted molar refractivity (Wildman–Crippen MR) is 109 cm³/mol. The van der Waals surface area contributed by atoms with Gasteiger partial charge in [-0.2, -0.15) is 13.2 Å². The number of rotatable bonds is 6. The van der Waals surface area contributed by atoms with Crippen molar-refractivity contribution >= 4 is 29.2 Å². The minimum Gasteiger partial charge on any atom is -0.465 e. The Bertz CT molecular complexity index is 1170. The molecule has 3 aromatic rings. The highest BCUT2D eigenvalue weighted by Crippen LogP contribution is 2.37. The van der Waals surface area contributed by atoms with Gasteiger partial charge in [0.1, 0.15) is 0 Å². The Hall–Kier alpha value is -4.15. The van der Waals surface area contributed by atoms with Crippen molar-refractivity contribution in [2.24, 2.45) is 0 Å². The van der Waals surface area contributed by atoms with Crippen molar-refractivity contribution in [3.8, 4) is 5.69 Å². The van der Waals surface area contributed by atoms with Crippen molar-refractivity contribution in [3.63, 3.8) is 0 Å². The standard InChI is InChI=1S/C21H17F3N4O4/c1-12-7-16(27-20(31)32)17(9-15(12)21(22,23)24)26-19(30)10-18(29)13-3-2-4-14(8-13)28-6-5-25-11-28/h2-9,11,27H,10H2,1H3,(H,26,30)(H,31,32). The molecule has 11 heteroatoms. The van der Waals surface area contributed by atoms with Crippen LogP contribution in [0, 0.1) is 6.92 Å². The topological polar surface area (TPSA) is 113 Å². The Labute approximate surface area is 179 Å². The molecule has 3 N–H and O–H groups in total. The zero-order valence-corrected chi connectivity index (χ0v) is 16.6. The molecule has 166 valence electrons. The Morgan fingerprint density at radius 2 is 1.81 bits per heavy atom. The van der Waals surface area contributed by atoms with E-state index < -0.39 is 41.6 Å². The molecule has 0 fully saturated rings. The molecule has 0 aliphatic rings. The van der Waals surface area contributed by atoms with Gasteiger partial charge >= 0.3 is 12.3 Å². The fraction of sp³-hybridized carbons (Fsp3) is 0.143. The van der Waals surface area contributed by atoms with E-state index in [9.17, 15) is 27.6 Å². The number of aryl methyl sites for hydroxylation is 1. The number of ketones is 1. The summed E-state index contributed by atoms with van der Waals surface area (Å²) >= 11 is 0. The van der Waals surface area contributed by atoms with Gasteiger partial charge in [-0.05, 0) is 36.8 Å². The van der Waals surface area contributed by atoms with Crippen LogP contribution in [-0.4, -0.2) is 32.4 Å². The monoisotopic (exact) mass is 446 g/mol. The summed E-state index contributed by atoms with van der Waals surface area (Å²) in [7, 11) is 0. The maximum Gasteiger partial charge on any atom is 0.416 e. The van der Waals surface area contributed by atoms with Crippen LogP contribution in [0.25, 0.3) is 5.69 Å². The van der Waals surface area contributed by atoms with E-state index >= 15 is 0 Å². The Morgan fingerprint density at radius 3 is 2.44 bits per heavy atom. The van der Waals surface area contributed by atoms with Gasteiger partial charge in [-0.3, -0.25) is 14.9 Å². The molecule has 3 rings (SSSR count). The minimum atomic E-state index is -4.71. The first-order valence-corrected chi connectivity index (χ1v) is 9.18. The molecule has 0 spiro atoms. The lowest BCUT2D eigenvalue weighted by Gasteiger charge is -2.17. The number of carboxylic acid groups (broad SMARTS) is 1. The van der Waals surface area contributed by atoms with E-state index in [-0.39, 0.29) is 16.8 Å². The molecule has 1 heterocycles. The summed E-state index contributed by atoms with van der Waals surface area (Å²) in [6, 6.07) is 7.98. The molecule has 0 unspecified atom stereocenters. The molecule has 0 aliphatic carbocycles. The van der Waals surface area contributed by atoms with Crippen LogP contribution in [0.15, 0.2) is 55.1 Å². The molecular formula is C21H17F3N4O4. The quantitative estimate of drug-likeness (QED) is 0.381. The van der Waals surface area contributed by atoms with Crippen molar-refractivity contribution in [2.75, 3.05) is 10.6 Å². The summed E-state index contributed by atoms with van der Waals surface area (Å²) in [5.41, 5.74) is -1.07. The van der Waals surface area contributed by atoms with E-state index in [1.165, 1.54) is 12.4 Å². The third-order valence-electron chi connectivity index (χ3n) is 4.48. The first-order valence-electron chi connectivity index (χ1n) is 9.18. The number of nitrogens with one attached hydrogen (secondary N) is 2. The molecule has 0 saturated carbocycles. The number of carbonyl (C=O) groups is 3. The number of Topliss-reactive ketones (excluding diaryl/α,β-unsaturated/α-hetero) is 1. The molecule has 0 radical (unpaired) electrons. The molecule has 32 heavy (non-hydrogen) atoms. The maximum absolute atomic E-state index is 13.2. The fourth-order valence-electron chi connectivity index (χ4n) is 3.03. The van der Waals surface area contributed by atoms with Gasteiger partial charge in [0.2, 0.25) is 5.91 Å². The average Bonchev–Trinajstić information content (AvgIpc) is 3.23. The number of aromatic nitrogens is 2. The molecule has 2 amide bonds. The maximum atomic E-state index is 13.2.